The standard InChI is InChI=1S/C11H8O6S/c12-10-7-4-2-1-3-6(7)9(18(15,16)17)5-8(10)11(13)14/h1-5,12H,(H,13,14)(H,15,16,17). The number of hydrogen-bond acceptors (Lipinski definition) is 4. The lowest BCUT2D eigenvalue weighted by molar-refractivity contribution is 0.0694. The van der Waals surface area contributed by atoms with Crippen molar-refractivity contribution >= 4 is 26.9 Å². The maximum atomic E-state index is 11.2. The number of benzene rings is 2. The molecule has 0 spiro atoms. The second kappa shape index (κ2) is 3.97. The normalized spacial score (nSPS) is 11.6. The molecule has 0 aromatic heterocycles. The molecule has 7 heteroatoms. The number of phenols is 1. The monoisotopic (exact) mass is 268 g/mol. The fourth-order valence-corrected chi connectivity index (χ4v) is 2.43. The van der Waals surface area contributed by atoms with Gasteiger partial charge in [-0.15, -0.1) is 0 Å². The third-order valence-electron chi connectivity index (χ3n) is 2.49. The van der Waals surface area contributed by atoms with Crippen LogP contribution in [0, 0.1) is 0 Å². The Morgan fingerprint density at radius 1 is 1.11 bits per heavy atom. The zero-order valence-electron chi connectivity index (χ0n) is 8.86. The van der Waals surface area contributed by atoms with Crippen molar-refractivity contribution in [3.8, 4) is 5.75 Å². The molecule has 2 rings (SSSR count). The molecule has 18 heavy (non-hydrogen) atoms. The summed E-state index contributed by atoms with van der Waals surface area (Å²) >= 11 is 0. The van der Waals surface area contributed by atoms with Crippen LogP contribution in [-0.4, -0.2) is 29.2 Å². The Morgan fingerprint density at radius 2 is 1.67 bits per heavy atom. The van der Waals surface area contributed by atoms with Crippen LogP contribution in [0.3, 0.4) is 0 Å². The topological polar surface area (TPSA) is 112 Å². The van der Waals surface area contributed by atoms with Gasteiger partial charge in [0.2, 0.25) is 0 Å². The fourth-order valence-electron chi connectivity index (χ4n) is 1.70. The molecular formula is C11H8O6S. The summed E-state index contributed by atoms with van der Waals surface area (Å²) in [6.07, 6.45) is 0. The number of fused-ring (bicyclic) bond motifs is 1. The van der Waals surface area contributed by atoms with E-state index in [-0.39, 0.29) is 10.8 Å². The molecule has 6 nitrogen and oxygen atoms in total. The van der Waals surface area contributed by atoms with Crippen LogP contribution in [0.5, 0.6) is 5.75 Å². The molecule has 0 unspecified atom stereocenters. The van der Waals surface area contributed by atoms with E-state index >= 15 is 0 Å². The number of carbonyl (C=O) groups is 1. The van der Waals surface area contributed by atoms with Crippen molar-refractivity contribution in [2.75, 3.05) is 0 Å². The van der Waals surface area contributed by atoms with Crippen LogP contribution >= 0.6 is 0 Å². The van der Waals surface area contributed by atoms with Gasteiger partial charge in [-0.25, -0.2) is 4.79 Å². The van der Waals surface area contributed by atoms with Crippen LogP contribution in [0.1, 0.15) is 10.4 Å². The largest absolute Gasteiger partial charge is 0.506 e. The predicted molar refractivity (Wildman–Crippen MR) is 62.4 cm³/mol. The van der Waals surface area contributed by atoms with E-state index in [1.165, 1.54) is 24.3 Å². The predicted octanol–water partition coefficient (Wildman–Crippen LogP) is 1.49. The van der Waals surface area contributed by atoms with E-state index in [2.05, 4.69) is 0 Å². The molecule has 0 heterocycles. The van der Waals surface area contributed by atoms with Gasteiger partial charge >= 0.3 is 5.97 Å². The van der Waals surface area contributed by atoms with E-state index < -0.39 is 32.3 Å². The van der Waals surface area contributed by atoms with Gasteiger partial charge in [0, 0.05) is 10.8 Å². The summed E-state index contributed by atoms with van der Waals surface area (Å²) in [7, 11) is -4.58. The first-order chi connectivity index (χ1) is 8.32. The molecule has 0 aliphatic carbocycles. The number of carboxylic acid groups (broad SMARTS) is 1. The van der Waals surface area contributed by atoms with Gasteiger partial charge in [-0.1, -0.05) is 24.3 Å². The molecular weight excluding hydrogens is 260 g/mol. The Hall–Kier alpha value is -2.12. The maximum absolute atomic E-state index is 11.2. The van der Waals surface area contributed by atoms with Crippen LogP contribution in [0.2, 0.25) is 0 Å². The Labute approximate surface area is 102 Å². The van der Waals surface area contributed by atoms with Crippen LogP contribution in [0.15, 0.2) is 35.2 Å². The molecule has 3 N–H and O–H groups in total. The van der Waals surface area contributed by atoms with E-state index in [1.54, 1.807) is 0 Å². The van der Waals surface area contributed by atoms with Gasteiger partial charge in [0.1, 0.15) is 16.2 Å². The van der Waals surface area contributed by atoms with Crippen molar-refractivity contribution in [2.24, 2.45) is 0 Å². The van der Waals surface area contributed by atoms with E-state index in [9.17, 15) is 18.3 Å². The lowest BCUT2D eigenvalue weighted by Gasteiger charge is -2.08. The van der Waals surface area contributed by atoms with E-state index in [0.29, 0.717) is 0 Å². The third-order valence-corrected chi connectivity index (χ3v) is 3.38. The smallest absolute Gasteiger partial charge is 0.339 e. The molecule has 94 valence electrons. The molecule has 2 aromatic rings. The first-order valence-electron chi connectivity index (χ1n) is 4.78. The van der Waals surface area contributed by atoms with Gasteiger partial charge in [0.25, 0.3) is 10.1 Å². The Kier molecular flexibility index (Phi) is 2.72. The van der Waals surface area contributed by atoms with Crippen LogP contribution in [0.25, 0.3) is 10.8 Å². The van der Waals surface area contributed by atoms with E-state index in [0.717, 1.165) is 6.07 Å². The molecule has 0 aliphatic rings. The first kappa shape index (κ1) is 12.3. The molecule has 2 aromatic carbocycles. The van der Waals surface area contributed by atoms with Crippen molar-refractivity contribution in [3.05, 3.63) is 35.9 Å². The summed E-state index contributed by atoms with van der Waals surface area (Å²) in [6.45, 7) is 0. The third kappa shape index (κ3) is 1.89. The lowest BCUT2D eigenvalue weighted by Crippen LogP contribution is -2.04. The summed E-state index contributed by atoms with van der Waals surface area (Å²) in [6, 6.07) is 6.49. The van der Waals surface area contributed by atoms with Crippen molar-refractivity contribution < 1.29 is 28.0 Å². The average Bonchev–Trinajstić information content (AvgIpc) is 2.27. The quantitative estimate of drug-likeness (QED) is 0.711. The Morgan fingerprint density at radius 3 is 2.17 bits per heavy atom. The zero-order valence-corrected chi connectivity index (χ0v) is 9.68. The second-order valence-corrected chi connectivity index (χ2v) is 4.99. The van der Waals surface area contributed by atoms with Crippen molar-refractivity contribution in [3.63, 3.8) is 0 Å². The van der Waals surface area contributed by atoms with Crippen LogP contribution in [-0.2, 0) is 10.1 Å². The number of carboxylic acids is 1. The number of aromatic hydroxyl groups is 1. The number of rotatable bonds is 2. The van der Waals surface area contributed by atoms with Gasteiger partial charge in [0.15, 0.2) is 0 Å². The maximum Gasteiger partial charge on any atom is 0.339 e. The molecule has 0 aliphatic heterocycles. The minimum absolute atomic E-state index is 0.0463. The Bertz CT molecular complexity index is 747. The SMILES string of the molecule is O=C(O)c1cc(S(=O)(=O)O)c2ccccc2c1O. The minimum atomic E-state index is -4.58. The zero-order chi connectivity index (χ0) is 13.5. The minimum Gasteiger partial charge on any atom is -0.506 e. The second-order valence-electron chi connectivity index (χ2n) is 3.60. The van der Waals surface area contributed by atoms with Crippen molar-refractivity contribution in [1.29, 1.82) is 0 Å². The van der Waals surface area contributed by atoms with E-state index in [4.69, 9.17) is 9.66 Å². The number of hydrogen-bond donors (Lipinski definition) is 3. The molecule has 0 saturated heterocycles. The summed E-state index contributed by atoms with van der Waals surface area (Å²) in [5.74, 6) is -2.02. The van der Waals surface area contributed by atoms with Gasteiger partial charge in [-0.05, 0) is 6.07 Å². The molecule has 0 atom stereocenters. The lowest BCUT2D eigenvalue weighted by atomic mass is 10.1. The van der Waals surface area contributed by atoms with Gasteiger partial charge in [-0.3, -0.25) is 4.55 Å². The average molecular weight is 268 g/mol. The summed E-state index contributed by atoms with van der Waals surface area (Å²) in [4.78, 5) is 10.4. The highest BCUT2D eigenvalue weighted by Gasteiger charge is 2.21. The fraction of sp³-hybridized carbons (Fsp3) is 0. The molecule has 0 radical (unpaired) electrons. The Balaban J connectivity index is 3.03. The van der Waals surface area contributed by atoms with Crippen molar-refractivity contribution in [2.45, 2.75) is 4.90 Å². The first-order valence-corrected chi connectivity index (χ1v) is 6.22. The van der Waals surface area contributed by atoms with E-state index in [1.807, 2.05) is 0 Å². The van der Waals surface area contributed by atoms with Crippen LogP contribution < -0.4 is 0 Å². The molecule has 0 bridgehead atoms. The molecule has 0 saturated carbocycles. The highest BCUT2D eigenvalue weighted by molar-refractivity contribution is 7.86. The van der Waals surface area contributed by atoms with Gasteiger partial charge in [0.05, 0.1) is 0 Å². The van der Waals surface area contributed by atoms with Crippen molar-refractivity contribution in [1.82, 2.24) is 0 Å². The highest BCUT2D eigenvalue weighted by Crippen LogP contribution is 2.33. The van der Waals surface area contributed by atoms with Crippen LogP contribution in [0.4, 0.5) is 0 Å². The molecule has 0 amide bonds. The summed E-state index contributed by atoms with van der Waals surface area (Å²) in [5.41, 5.74) is -0.582. The highest BCUT2D eigenvalue weighted by atomic mass is 32.2. The number of aromatic carboxylic acids is 1. The van der Waals surface area contributed by atoms with Gasteiger partial charge < -0.3 is 10.2 Å². The summed E-state index contributed by atoms with van der Waals surface area (Å²) in [5, 5.41) is 18.7. The summed E-state index contributed by atoms with van der Waals surface area (Å²) < 4.78 is 31.5. The molecule has 0 fully saturated rings. The van der Waals surface area contributed by atoms with Gasteiger partial charge in [-0.2, -0.15) is 8.42 Å².